The van der Waals surface area contributed by atoms with E-state index >= 15 is 0 Å². The number of nitrogens with zero attached hydrogens (tertiary/aromatic N) is 2. The number of methoxy groups -OCH3 is 2. The highest BCUT2D eigenvalue weighted by molar-refractivity contribution is 5.82. The lowest BCUT2D eigenvalue weighted by atomic mass is 10.2. The Morgan fingerprint density at radius 2 is 1.44 bits per heavy atom. The maximum absolute atomic E-state index is 5.74. The molecule has 0 N–H and O–H groups in total. The largest absolute Gasteiger partial charge is 0.493 e. The van der Waals surface area contributed by atoms with Crippen molar-refractivity contribution in [2.24, 2.45) is 0 Å². The Hall–Kier alpha value is -3.06. The Labute approximate surface area is 157 Å². The van der Waals surface area contributed by atoms with Crippen molar-refractivity contribution in [1.29, 1.82) is 0 Å². The summed E-state index contributed by atoms with van der Waals surface area (Å²) in [6, 6.07) is 13.2. The third kappa shape index (κ3) is 4.77. The van der Waals surface area contributed by atoms with Gasteiger partial charge in [0.25, 0.3) is 0 Å². The molecule has 27 heavy (non-hydrogen) atoms. The van der Waals surface area contributed by atoms with Gasteiger partial charge in [-0.15, -0.1) is 0 Å². The van der Waals surface area contributed by atoms with Crippen LogP contribution in [0.25, 0.3) is 10.9 Å². The van der Waals surface area contributed by atoms with E-state index < -0.39 is 0 Å². The number of aromatic nitrogens is 2. The molecule has 7 heteroatoms. The van der Waals surface area contributed by atoms with Gasteiger partial charge in [-0.25, -0.2) is 9.97 Å². The standard InChI is InChI=1S/C20H22N2O5/c1-23-17-8-5-9-18(24-2)19(17)26-12-10-25-11-13-27-20-15-6-3-4-7-16(15)21-14-22-20/h3-9,14H,10-13H2,1-2H3. The molecular weight excluding hydrogens is 348 g/mol. The molecule has 0 bridgehead atoms. The highest BCUT2D eigenvalue weighted by atomic mass is 16.6. The van der Waals surface area contributed by atoms with Crippen molar-refractivity contribution in [3.63, 3.8) is 0 Å². The molecule has 0 aliphatic carbocycles. The summed E-state index contributed by atoms with van der Waals surface area (Å²) in [5.41, 5.74) is 0.850. The summed E-state index contributed by atoms with van der Waals surface area (Å²) in [4.78, 5) is 8.39. The van der Waals surface area contributed by atoms with Crippen molar-refractivity contribution in [2.45, 2.75) is 0 Å². The van der Waals surface area contributed by atoms with Crippen molar-refractivity contribution in [1.82, 2.24) is 9.97 Å². The van der Waals surface area contributed by atoms with E-state index in [1.165, 1.54) is 6.33 Å². The zero-order valence-electron chi connectivity index (χ0n) is 15.4. The lowest BCUT2D eigenvalue weighted by molar-refractivity contribution is 0.0743. The Kier molecular flexibility index (Phi) is 6.65. The second kappa shape index (κ2) is 9.59. The number of benzene rings is 2. The number of fused-ring (bicyclic) bond motifs is 1. The molecule has 0 aliphatic rings. The third-order valence-electron chi connectivity index (χ3n) is 3.83. The van der Waals surface area contributed by atoms with Gasteiger partial charge in [0.1, 0.15) is 19.5 Å². The molecular formula is C20H22N2O5. The predicted octanol–water partition coefficient (Wildman–Crippen LogP) is 3.12. The van der Waals surface area contributed by atoms with Crippen molar-refractivity contribution in [2.75, 3.05) is 40.6 Å². The first-order valence-electron chi connectivity index (χ1n) is 8.57. The second-order valence-electron chi connectivity index (χ2n) is 5.50. The number of hydrogen-bond donors (Lipinski definition) is 0. The molecule has 1 heterocycles. The van der Waals surface area contributed by atoms with E-state index in [2.05, 4.69) is 9.97 Å². The fraction of sp³-hybridized carbons (Fsp3) is 0.300. The summed E-state index contributed by atoms with van der Waals surface area (Å²) < 4.78 is 27.6. The number of para-hydroxylation sites is 2. The smallest absolute Gasteiger partial charge is 0.224 e. The molecule has 142 valence electrons. The van der Waals surface area contributed by atoms with Crippen LogP contribution < -0.4 is 18.9 Å². The Morgan fingerprint density at radius 3 is 2.19 bits per heavy atom. The summed E-state index contributed by atoms with van der Waals surface area (Å²) in [5, 5.41) is 0.881. The fourth-order valence-electron chi connectivity index (χ4n) is 2.56. The molecule has 0 unspecified atom stereocenters. The lowest BCUT2D eigenvalue weighted by Gasteiger charge is -2.14. The van der Waals surface area contributed by atoms with E-state index in [-0.39, 0.29) is 0 Å². The van der Waals surface area contributed by atoms with Crippen molar-refractivity contribution in [3.8, 4) is 23.1 Å². The van der Waals surface area contributed by atoms with E-state index in [1.54, 1.807) is 14.2 Å². The zero-order valence-corrected chi connectivity index (χ0v) is 15.4. The summed E-state index contributed by atoms with van der Waals surface area (Å²) in [6.45, 7) is 1.59. The average Bonchev–Trinajstić information content (AvgIpc) is 2.73. The van der Waals surface area contributed by atoms with Crippen LogP contribution in [0.2, 0.25) is 0 Å². The Bertz CT molecular complexity index is 844. The van der Waals surface area contributed by atoms with E-state index in [1.807, 2.05) is 42.5 Å². The summed E-state index contributed by atoms with van der Waals surface area (Å²) in [7, 11) is 3.18. The van der Waals surface area contributed by atoms with Gasteiger partial charge in [-0.3, -0.25) is 0 Å². The van der Waals surface area contributed by atoms with Gasteiger partial charge in [0, 0.05) is 0 Å². The van der Waals surface area contributed by atoms with Crippen molar-refractivity contribution in [3.05, 3.63) is 48.8 Å². The van der Waals surface area contributed by atoms with Gasteiger partial charge in [0.05, 0.1) is 38.3 Å². The van der Waals surface area contributed by atoms with Gasteiger partial charge >= 0.3 is 0 Å². The van der Waals surface area contributed by atoms with Crippen LogP contribution >= 0.6 is 0 Å². The Morgan fingerprint density at radius 1 is 0.741 bits per heavy atom. The average molecular weight is 370 g/mol. The van der Waals surface area contributed by atoms with Crippen LogP contribution in [0.5, 0.6) is 23.1 Å². The number of ether oxygens (including phenoxy) is 5. The second-order valence-corrected chi connectivity index (χ2v) is 5.50. The minimum atomic E-state index is 0.368. The molecule has 3 aromatic rings. The van der Waals surface area contributed by atoms with E-state index in [4.69, 9.17) is 23.7 Å². The lowest BCUT2D eigenvalue weighted by Crippen LogP contribution is -2.13. The molecule has 3 rings (SSSR count). The third-order valence-corrected chi connectivity index (χ3v) is 3.83. The maximum atomic E-state index is 5.74. The van der Waals surface area contributed by atoms with Gasteiger partial charge in [-0.05, 0) is 24.3 Å². The first kappa shape index (κ1) is 18.7. The molecule has 0 amide bonds. The maximum Gasteiger partial charge on any atom is 0.224 e. The number of hydrogen-bond acceptors (Lipinski definition) is 7. The van der Waals surface area contributed by atoms with Crippen LogP contribution in [0.15, 0.2) is 48.8 Å². The minimum absolute atomic E-state index is 0.368. The predicted molar refractivity (Wildman–Crippen MR) is 101 cm³/mol. The zero-order chi connectivity index (χ0) is 18.9. The fourth-order valence-corrected chi connectivity index (χ4v) is 2.56. The van der Waals surface area contributed by atoms with E-state index in [0.717, 1.165) is 10.9 Å². The normalized spacial score (nSPS) is 10.6. The minimum Gasteiger partial charge on any atom is -0.493 e. The van der Waals surface area contributed by atoms with E-state index in [0.29, 0.717) is 49.6 Å². The topological polar surface area (TPSA) is 71.9 Å². The first-order chi connectivity index (χ1) is 13.3. The van der Waals surface area contributed by atoms with Crippen molar-refractivity contribution >= 4 is 10.9 Å². The van der Waals surface area contributed by atoms with Crippen LogP contribution in [0.4, 0.5) is 0 Å². The van der Waals surface area contributed by atoms with E-state index in [9.17, 15) is 0 Å². The van der Waals surface area contributed by atoms with Gasteiger partial charge in [-0.1, -0.05) is 18.2 Å². The Balaban J connectivity index is 1.41. The van der Waals surface area contributed by atoms with Gasteiger partial charge in [-0.2, -0.15) is 0 Å². The van der Waals surface area contributed by atoms with Crippen LogP contribution in [0.1, 0.15) is 0 Å². The van der Waals surface area contributed by atoms with Gasteiger partial charge in [0.2, 0.25) is 11.6 Å². The summed E-state index contributed by atoms with van der Waals surface area (Å²) in [5.74, 6) is 2.36. The molecule has 0 spiro atoms. The number of rotatable bonds is 10. The SMILES string of the molecule is COc1cccc(OC)c1OCCOCCOc1ncnc2ccccc12. The van der Waals surface area contributed by atoms with Crippen LogP contribution in [0, 0.1) is 0 Å². The molecule has 7 nitrogen and oxygen atoms in total. The highest BCUT2D eigenvalue weighted by Crippen LogP contribution is 2.36. The van der Waals surface area contributed by atoms with Crippen LogP contribution in [-0.2, 0) is 4.74 Å². The molecule has 1 aromatic heterocycles. The molecule has 0 fully saturated rings. The van der Waals surface area contributed by atoms with Crippen LogP contribution in [0.3, 0.4) is 0 Å². The quantitative estimate of drug-likeness (QED) is 0.508. The van der Waals surface area contributed by atoms with Gasteiger partial charge < -0.3 is 23.7 Å². The monoisotopic (exact) mass is 370 g/mol. The highest BCUT2D eigenvalue weighted by Gasteiger charge is 2.10. The molecule has 0 aliphatic heterocycles. The molecule has 0 radical (unpaired) electrons. The molecule has 0 saturated carbocycles. The summed E-state index contributed by atoms with van der Waals surface area (Å²) in [6.07, 6.45) is 1.49. The molecule has 0 saturated heterocycles. The van der Waals surface area contributed by atoms with Crippen molar-refractivity contribution < 1.29 is 23.7 Å². The first-order valence-corrected chi connectivity index (χ1v) is 8.57. The summed E-state index contributed by atoms with van der Waals surface area (Å²) >= 11 is 0. The molecule has 2 aromatic carbocycles. The van der Waals surface area contributed by atoms with Crippen LogP contribution in [-0.4, -0.2) is 50.6 Å². The molecule has 0 atom stereocenters. The van der Waals surface area contributed by atoms with Gasteiger partial charge in [0.15, 0.2) is 11.5 Å².